The second-order valence-corrected chi connectivity index (χ2v) is 3.72. The Labute approximate surface area is 69.9 Å². The average molecular weight is 160 g/mol. The minimum absolute atomic E-state index is 0.0563. The van der Waals surface area contributed by atoms with Crippen LogP contribution in [0.1, 0.15) is 34.1 Å². The normalized spacial score (nSPS) is 15.0. The zero-order chi connectivity index (χ0) is 8.91. The summed E-state index contributed by atoms with van der Waals surface area (Å²) in [6, 6.07) is 0. The van der Waals surface area contributed by atoms with Crippen LogP contribution in [0, 0.1) is 0 Å². The summed E-state index contributed by atoms with van der Waals surface area (Å²) < 4.78 is 10.7. The highest BCUT2D eigenvalue weighted by atomic mass is 16.5. The molecule has 68 valence electrons. The monoisotopic (exact) mass is 160 g/mol. The quantitative estimate of drug-likeness (QED) is 0.628. The molecule has 1 atom stereocenters. The average Bonchev–Trinajstić information content (AvgIpc) is 1.84. The molecule has 0 rings (SSSR count). The molecule has 0 aliphatic carbocycles. The van der Waals surface area contributed by atoms with Crippen LogP contribution in [0.3, 0.4) is 0 Å². The summed E-state index contributed by atoms with van der Waals surface area (Å²) in [5.41, 5.74) is -0.0563. The number of ether oxygens (including phenoxy) is 2. The molecule has 0 aliphatic heterocycles. The molecule has 0 heterocycles. The molecule has 0 saturated carbocycles. The zero-order valence-corrected chi connectivity index (χ0v) is 8.31. The van der Waals surface area contributed by atoms with Gasteiger partial charge in [-0.2, -0.15) is 0 Å². The van der Waals surface area contributed by atoms with E-state index in [1.807, 2.05) is 0 Å². The molecule has 0 spiro atoms. The molecule has 0 radical (unpaired) electrons. The summed E-state index contributed by atoms with van der Waals surface area (Å²) in [6.45, 7) is 8.98. The summed E-state index contributed by atoms with van der Waals surface area (Å²) >= 11 is 0. The molecule has 0 aliphatic rings. The second kappa shape index (κ2) is 4.73. The van der Waals surface area contributed by atoms with Crippen LogP contribution in [-0.4, -0.2) is 25.4 Å². The van der Waals surface area contributed by atoms with Gasteiger partial charge in [0.15, 0.2) is 0 Å². The Kier molecular flexibility index (Phi) is 4.69. The van der Waals surface area contributed by atoms with Gasteiger partial charge in [0.2, 0.25) is 0 Å². The summed E-state index contributed by atoms with van der Waals surface area (Å²) in [7, 11) is 1.70. The van der Waals surface area contributed by atoms with E-state index < -0.39 is 0 Å². The van der Waals surface area contributed by atoms with Gasteiger partial charge in [-0.1, -0.05) is 6.92 Å². The van der Waals surface area contributed by atoms with Gasteiger partial charge in [0.05, 0.1) is 18.3 Å². The predicted molar refractivity (Wildman–Crippen MR) is 46.8 cm³/mol. The third-order valence-corrected chi connectivity index (χ3v) is 1.33. The maximum atomic E-state index is 5.70. The summed E-state index contributed by atoms with van der Waals surface area (Å²) in [5, 5.41) is 0. The first-order chi connectivity index (χ1) is 4.99. The van der Waals surface area contributed by atoms with Gasteiger partial charge in [0.25, 0.3) is 0 Å². The first-order valence-electron chi connectivity index (χ1n) is 4.16. The minimum atomic E-state index is -0.0563. The van der Waals surface area contributed by atoms with Gasteiger partial charge in [-0.15, -0.1) is 0 Å². The molecule has 0 aromatic rings. The molecule has 11 heavy (non-hydrogen) atoms. The summed E-state index contributed by atoms with van der Waals surface area (Å²) in [5.74, 6) is 0. The molecule has 0 aromatic carbocycles. The fraction of sp³-hybridized carbons (Fsp3) is 1.00. The van der Waals surface area contributed by atoms with Crippen LogP contribution in [0.15, 0.2) is 0 Å². The van der Waals surface area contributed by atoms with E-state index in [0.717, 1.165) is 6.42 Å². The number of methoxy groups -OCH3 is 1. The lowest BCUT2D eigenvalue weighted by molar-refractivity contribution is -0.0871. The van der Waals surface area contributed by atoms with Gasteiger partial charge >= 0.3 is 0 Å². The van der Waals surface area contributed by atoms with Crippen LogP contribution >= 0.6 is 0 Å². The molecule has 0 N–H and O–H groups in total. The molecule has 0 fully saturated rings. The fourth-order valence-corrected chi connectivity index (χ4v) is 0.921. The predicted octanol–water partition coefficient (Wildman–Crippen LogP) is 2.23. The van der Waals surface area contributed by atoms with Crippen molar-refractivity contribution in [3.8, 4) is 0 Å². The molecule has 0 unspecified atom stereocenters. The molecule has 2 nitrogen and oxygen atoms in total. The van der Waals surface area contributed by atoms with Crippen molar-refractivity contribution in [3.05, 3.63) is 0 Å². The van der Waals surface area contributed by atoms with E-state index in [9.17, 15) is 0 Å². The highest BCUT2D eigenvalue weighted by Crippen LogP contribution is 2.12. The Hall–Kier alpha value is -0.0800. The van der Waals surface area contributed by atoms with Gasteiger partial charge < -0.3 is 9.47 Å². The molecular formula is C9H20O2. The summed E-state index contributed by atoms with van der Waals surface area (Å²) in [6.07, 6.45) is 1.24. The van der Waals surface area contributed by atoms with Crippen molar-refractivity contribution in [1.29, 1.82) is 0 Å². The lowest BCUT2D eigenvalue weighted by Crippen LogP contribution is -2.29. The van der Waals surface area contributed by atoms with Gasteiger partial charge in [0, 0.05) is 7.11 Å². The molecule has 0 bridgehead atoms. The third kappa shape index (κ3) is 6.32. The van der Waals surface area contributed by atoms with Crippen molar-refractivity contribution in [2.75, 3.05) is 13.7 Å². The van der Waals surface area contributed by atoms with Gasteiger partial charge in [-0.25, -0.2) is 0 Å². The first kappa shape index (κ1) is 10.9. The van der Waals surface area contributed by atoms with Crippen LogP contribution in [0.2, 0.25) is 0 Å². The van der Waals surface area contributed by atoms with E-state index in [1.54, 1.807) is 7.11 Å². The number of rotatable bonds is 4. The first-order valence-corrected chi connectivity index (χ1v) is 4.16. The lowest BCUT2D eigenvalue weighted by Gasteiger charge is -2.26. The Balaban J connectivity index is 3.68. The Morgan fingerprint density at radius 1 is 1.27 bits per heavy atom. The lowest BCUT2D eigenvalue weighted by atomic mass is 10.1. The van der Waals surface area contributed by atoms with Gasteiger partial charge in [-0.05, 0) is 27.2 Å². The minimum Gasteiger partial charge on any atom is -0.382 e. The van der Waals surface area contributed by atoms with Crippen molar-refractivity contribution < 1.29 is 9.47 Å². The van der Waals surface area contributed by atoms with Crippen LogP contribution in [-0.2, 0) is 9.47 Å². The van der Waals surface area contributed by atoms with Crippen molar-refractivity contribution in [1.82, 2.24) is 0 Å². The second-order valence-electron chi connectivity index (χ2n) is 3.72. The smallest absolute Gasteiger partial charge is 0.0812 e. The van der Waals surface area contributed by atoms with Crippen LogP contribution in [0.4, 0.5) is 0 Å². The van der Waals surface area contributed by atoms with Crippen molar-refractivity contribution in [3.63, 3.8) is 0 Å². The number of hydrogen-bond acceptors (Lipinski definition) is 2. The SMILES string of the molecule is CC[C@@H](COC)OC(C)(C)C. The largest absolute Gasteiger partial charge is 0.382 e. The highest BCUT2D eigenvalue weighted by molar-refractivity contribution is 4.64. The third-order valence-electron chi connectivity index (χ3n) is 1.33. The van der Waals surface area contributed by atoms with Crippen LogP contribution < -0.4 is 0 Å². The number of hydrogen-bond donors (Lipinski definition) is 0. The Morgan fingerprint density at radius 3 is 2.09 bits per heavy atom. The van der Waals surface area contributed by atoms with E-state index in [-0.39, 0.29) is 11.7 Å². The van der Waals surface area contributed by atoms with E-state index in [0.29, 0.717) is 6.61 Å². The molecular weight excluding hydrogens is 140 g/mol. The van der Waals surface area contributed by atoms with Gasteiger partial charge in [0.1, 0.15) is 0 Å². The maximum absolute atomic E-state index is 5.70. The molecule has 2 heteroatoms. The van der Waals surface area contributed by atoms with E-state index in [2.05, 4.69) is 27.7 Å². The van der Waals surface area contributed by atoms with Crippen molar-refractivity contribution >= 4 is 0 Å². The van der Waals surface area contributed by atoms with Crippen molar-refractivity contribution in [2.24, 2.45) is 0 Å². The molecule has 0 amide bonds. The van der Waals surface area contributed by atoms with Gasteiger partial charge in [-0.3, -0.25) is 0 Å². The van der Waals surface area contributed by atoms with Crippen LogP contribution in [0.25, 0.3) is 0 Å². The molecule has 0 saturated heterocycles. The van der Waals surface area contributed by atoms with E-state index in [4.69, 9.17) is 9.47 Å². The Morgan fingerprint density at radius 2 is 1.82 bits per heavy atom. The fourth-order valence-electron chi connectivity index (χ4n) is 0.921. The van der Waals surface area contributed by atoms with Crippen LogP contribution in [0.5, 0.6) is 0 Å². The van der Waals surface area contributed by atoms with E-state index in [1.165, 1.54) is 0 Å². The van der Waals surface area contributed by atoms with E-state index >= 15 is 0 Å². The summed E-state index contributed by atoms with van der Waals surface area (Å²) in [4.78, 5) is 0. The molecule has 0 aromatic heterocycles. The zero-order valence-electron chi connectivity index (χ0n) is 8.31. The van der Waals surface area contributed by atoms with Crippen molar-refractivity contribution in [2.45, 2.75) is 45.8 Å². The highest BCUT2D eigenvalue weighted by Gasteiger charge is 2.16. The maximum Gasteiger partial charge on any atom is 0.0812 e. The Bertz CT molecular complexity index is 94.2. The standard InChI is InChI=1S/C9H20O2/c1-6-8(7-10-5)11-9(2,3)4/h8H,6-7H2,1-5H3/t8-/m0/s1. The topological polar surface area (TPSA) is 18.5 Å².